The zero-order valence-electron chi connectivity index (χ0n) is 11.1. The molecular weight excluding hydrogens is 366 g/mol. The Morgan fingerprint density at radius 2 is 0.913 bits per heavy atom. The molecule has 0 aliphatic heterocycles. The molecule has 10 N–H and O–H groups in total. The number of hydrogen-bond donors (Lipinski definition) is 6. The molecule has 0 saturated heterocycles. The molecule has 0 fully saturated rings. The lowest BCUT2D eigenvalue weighted by Gasteiger charge is -2.24. The zero-order valence-corrected chi connectivity index (χ0v) is 11.9. The normalized spacial score (nSPS) is 16.8. The van der Waals surface area contributed by atoms with Crippen molar-refractivity contribution in [2.24, 2.45) is 22.9 Å². The number of hydrogen-bond acceptors (Lipinski definition) is 6. The van der Waals surface area contributed by atoms with E-state index in [9.17, 15) is 35.9 Å². The number of amides is 2. The Bertz CT molecular complexity index is 382. The molecule has 0 bridgehead atoms. The molecule has 0 aromatic rings. The molecule has 23 heavy (non-hydrogen) atoms. The largest absolute Gasteiger partial charge is 0.427 e. The molecule has 0 radical (unpaired) electrons. The van der Waals surface area contributed by atoms with E-state index in [2.05, 4.69) is 22.9 Å². The molecule has 0 heterocycles. The topological polar surface area (TPSA) is 179 Å². The first-order valence-electron chi connectivity index (χ1n) is 5.09. The number of alkyl halides is 6. The van der Waals surface area contributed by atoms with E-state index >= 15 is 0 Å². The molecule has 0 aromatic heterocycles. The van der Waals surface area contributed by atoms with Crippen LogP contribution in [0.1, 0.15) is 0 Å². The zero-order chi connectivity index (χ0) is 18.6. The minimum Gasteiger partial charge on any atom is -0.372 e. The minimum atomic E-state index is -5.12. The van der Waals surface area contributed by atoms with Gasteiger partial charge in [-0.3, -0.25) is 9.59 Å². The lowest BCUT2D eigenvalue weighted by atomic mass is 10.0. The van der Waals surface area contributed by atoms with Gasteiger partial charge in [-0.25, -0.2) is 0 Å². The SMILES string of the molecule is Cl.NC[C@](O)(C(N)=O)C(F)(F)F.NC[C@](O)(C(N)=O)C(F)(F)F. The van der Waals surface area contributed by atoms with Crippen LogP contribution >= 0.6 is 12.4 Å². The van der Waals surface area contributed by atoms with E-state index in [1.807, 2.05) is 0 Å². The lowest BCUT2D eigenvalue weighted by Crippen LogP contribution is -2.60. The second kappa shape index (κ2) is 8.49. The third kappa shape index (κ3) is 5.98. The molecule has 140 valence electrons. The van der Waals surface area contributed by atoms with Crippen LogP contribution in [0.15, 0.2) is 0 Å². The van der Waals surface area contributed by atoms with Gasteiger partial charge in [0.05, 0.1) is 0 Å². The van der Waals surface area contributed by atoms with Crippen LogP contribution in [-0.4, -0.2) is 58.7 Å². The summed E-state index contributed by atoms with van der Waals surface area (Å²) >= 11 is 0. The highest BCUT2D eigenvalue weighted by atomic mass is 35.5. The average molecular weight is 381 g/mol. The van der Waals surface area contributed by atoms with Gasteiger partial charge >= 0.3 is 12.4 Å². The van der Waals surface area contributed by atoms with Gasteiger partial charge in [-0.05, 0) is 0 Å². The van der Waals surface area contributed by atoms with Crippen LogP contribution in [0.2, 0.25) is 0 Å². The molecule has 15 heteroatoms. The summed E-state index contributed by atoms with van der Waals surface area (Å²) in [5, 5.41) is 17.0. The lowest BCUT2D eigenvalue weighted by molar-refractivity contribution is -0.246. The highest BCUT2D eigenvalue weighted by molar-refractivity contribution is 5.85. The monoisotopic (exact) mass is 380 g/mol. The van der Waals surface area contributed by atoms with Crippen LogP contribution in [0, 0.1) is 0 Å². The number of carbonyl (C=O) groups is 2. The molecule has 0 aliphatic rings. The van der Waals surface area contributed by atoms with Crippen molar-refractivity contribution >= 4 is 24.2 Å². The Balaban J connectivity index is -0.000000333. The molecule has 2 atom stereocenters. The molecule has 0 aromatic carbocycles. The van der Waals surface area contributed by atoms with Crippen LogP contribution in [0.25, 0.3) is 0 Å². The predicted octanol–water partition coefficient (Wildman–Crippen LogP) is -2.13. The molecule has 0 spiro atoms. The van der Waals surface area contributed by atoms with E-state index in [4.69, 9.17) is 10.2 Å². The van der Waals surface area contributed by atoms with Gasteiger partial charge < -0.3 is 33.1 Å². The molecule has 0 rings (SSSR count). The number of rotatable bonds is 4. The summed E-state index contributed by atoms with van der Waals surface area (Å²) in [7, 11) is 0. The Hall–Kier alpha value is -1.35. The quantitative estimate of drug-likeness (QED) is 0.303. The summed E-state index contributed by atoms with van der Waals surface area (Å²) < 4.78 is 70.3. The third-order valence-corrected chi connectivity index (χ3v) is 2.34. The van der Waals surface area contributed by atoms with E-state index in [0.29, 0.717) is 0 Å². The number of aliphatic hydroxyl groups is 2. The van der Waals surface area contributed by atoms with Gasteiger partial charge in [0, 0.05) is 13.1 Å². The fourth-order valence-corrected chi connectivity index (χ4v) is 0.712. The molecule has 2 amide bonds. The van der Waals surface area contributed by atoms with Crippen molar-refractivity contribution in [1.29, 1.82) is 0 Å². The van der Waals surface area contributed by atoms with Crippen molar-refractivity contribution in [3.8, 4) is 0 Å². The first-order valence-corrected chi connectivity index (χ1v) is 5.09. The summed E-state index contributed by atoms with van der Waals surface area (Å²) in [6.45, 7) is -2.54. The Labute approximate surface area is 131 Å². The molecule has 8 nitrogen and oxygen atoms in total. The first-order chi connectivity index (χ1) is 9.51. The standard InChI is InChI=1S/2C4H7F3N2O2.ClH/c2*5-4(6,7)3(11,1-8)2(9)10;/h2*11H,1,8H2,(H2,9,10);1H/t2*3-;/m00./s1. The van der Waals surface area contributed by atoms with Crippen LogP contribution in [0.3, 0.4) is 0 Å². The Morgan fingerprint density at radius 3 is 0.913 bits per heavy atom. The molecular formula is C8H15ClF6N4O4. The van der Waals surface area contributed by atoms with Gasteiger partial charge in [-0.1, -0.05) is 0 Å². The average Bonchev–Trinajstić information content (AvgIpc) is 2.34. The van der Waals surface area contributed by atoms with E-state index in [0.717, 1.165) is 0 Å². The van der Waals surface area contributed by atoms with Gasteiger partial charge in [0.15, 0.2) is 0 Å². The highest BCUT2D eigenvalue weighted by Crippen LogP contribution is 2.29. The van der Waals surface area contributed by atoms with Crippen molar-refractivity contribution in [2.75, 3.05) is 13.1 Å². The third-order valence-electron chi connectivity index (χ3n) is 2.34. The van der Waals surface area contributed by atoms with E-state index in [1.54, 1.807) is 0 Å². The molecule has 0 aliphatic carbocycles. The van der Waals surface area contributed by atoms with Gasteiger partial charge in [-0.2, -0.15) is 26.3 Å². The minimum absolute atomic E-state index is 0. The van der Waals surface area contributed by atoms with Crippen molar-refractivity contribution in [2.45, 2.75) is 23.6 Å². The van der Waals surface area contributed by atoms with E-state index in [1.165, 1.54) is 0 Å². The maximum atomic E-state index is 11.7. The Kier molecular flexibility index (Phi) is 9.79. The van der Waals surface area contributed by atoms with Crippen LogP contribution in [0.4, 0.5) is 26.3 Å². The van der Waals surface area contributed by atoms with Crippen molar-refractivity contribution in [3.05, 3.63) is 0 Å². The van der Waals surface area contributed by atoms with Crippen LogP contribution < -0.4 is 22.9 Å². The summed E-state index contributed by atoms with van der Waals surface area (Å²) in [5.74, 6) is -3.79. The first kappa shape index (κ1) is 26.5. The summed E-state index contributed by atoms with van der Waals surface area (Å²) in [4.78, 5) is 20.1. The maximum absolute atomic E-state index is 11.7. The van der Waals surface area contributed by atoms with Gasteiger partial charge in [0.1, 0.15) is 0 Å². The van der Waals surface area contributed by atoms with Gasteiger partial charge in [0.2, 0.25) is 0 Å². The summed E-state index contributed by atoms with van der Waals surface area (Å²) in [5.41, 5.74) is 10.4. The number of nitrogens with two attached hydrogens (primary N) is 4. The molecule has 0 unspecified atom stereocenters. The smallest absolute Gasteiger partial charge is 0.372 e. The second-order valence-corrected chi connectivity index (χ2v) is 3.85. The van der Waals surface area contributed by atoms with E-state index in [-0.39, 0.29) is 12.4 Å². The fraction of sp³-hybridized carbons (Fsp3) is 0.750. The second-order valence-electron chi connectivity index (χ2n) is 3.85. The van der Waals surface area contributed by atoms with Gasteiger partial charge in [-0.15, -0.1) is 12.4 Å². The number of halogens is 7. The summed E-state index contributed by atoms with van der Waals surface area (Å²) in [6, 6.07) is 0. The molecule has 0 saturated carbocycles. The maximum Gasteiger partial charge on any atom is 0.427 e. The fourth-order valence-electron chi connectivity index (χ4n) is 0.712. The van der Waals surface area contributed by atoms with Gasteiger partial charge in [0.25, 0.3) is 23.0 Å². The van der Waals surface area contributed by atoms with Crippen molar-refractivity contribution < 1.29 is 46.1 Å². The Morgan fingerprint density at radius 1 is 0.739 bits per heavy atom. The number of primary amides is 2. The van der Waals surface area contributed by atoms with Crippen LogP contribution in [-0.2, 0) is 9.59 Å². The number of carbonyl (C=O) groups excluding carboxylic acids is 2. The summed E-state index contributed by atoms with van der Waals surface area (Å²) in [6.07, 6.45) is -10.2. The van der Waals surface area contributed by atoms with E-state index < -0.39 is 48.5 Å². The predicted molar refractivity (Wildman–Crippen MR) is 65.8 cm³/mol. The highest BCUT2D eigenvalue weighted by Gasteiger charge is 2.58. The van der Waals surface area contributed by atoms with Crippen LogP contribution in [0.5, 0.6) is 0 Å². The van der Waals surface area contributed by atoms with Crippen molar-refractivity contribution in [3.63, 3.8) is 0 Å². The van der Waals surface area contributed by atoms with Crippen molar-refractivity contribution in [1.82, 2.24) is 0 Å².